The smallest absolute Gasteiger partial charge is 0.238 e. The highest BCUT2D eigenvalue weighted by atomic mass is 32.1. The number of benzene rings is 1. The number of carbonyl (C=O) groups excluding carboxylic acids is 2. The Morgan fingerprint density at radius 1 is 1.08 bits per heavy atom. The second kappa shape index (κ2) is 10.1. The highest BCUT2D eigenvalue weighted by Crippen LogP contribution is 2.20. The largest absolute Gasteiger partial charge is 0.350 e. The summed E-state index contributed by atoms with van der Waals surface area (Å²) in [5.74, 6) is -0.167. The number of nitrogens with zero attached hydrogens (tertiary/aromatic N) is 1. The van der Waals surface area contributed by atoms with Gasteiger partial charge in [-0.2, -0.15) is 0 Å². The van der Waals surface area contributed by atoms with E-state index in [2.05, 4.69) is 17.6 Å². The van der Waals surface area contributed by atoms with Crippen molar-refractivity contribution < 1.29 is 9.59 Å². The van der Waals surface area contributed by atoms with E-state index in [-0.39, 0.29) is 24.9 Å². The van der Waals surface area contributed by atoms with E-state index in [9.17, 15) is 9.59 Å². The Hall–Kier alpha value is -2.18. The summed E-state index contributed by atoms with van der Waals surface area (Å²) in [6.45, 7) is 7.58. The van der Waals surface area contributed by atoms with Crippen LogP contribution in [0.25, 0.3) is 0 Å². The van der Waals surface area contributed by atoms with Crippen LogP contribution in [0.4, 0.5) is 5.69 Å². The zero-order valence-electron chi connectivity index (χ0n) is 15.7. The van der Waals surface area contributed by atoms with Gasteiger partial charge in [0.2, 0.25) is 11.8 Å². The molecule has 1 aromatic carbocycles. The van der Waals surface area contributed by atoms with E-state index in [4.69, 9.17) is 0 Å². The number of amides is 2. The molecule has 0 aliphatic heterocycles. The zero-order chi connectivity index (χ0) is 18.9. The number of likely N-dealkylation sites (N-methyl/N-ethyl adjacent to an activating group) is 1. The molecule has 2 N–H and O–H groups in total. The van der Waals surface area contributed by atoms with Gasteiger partial charge < -0.3 is 10.6 Å². The summed E-state index contributed by atoms with van der Waals surface area (Å²) >= 11 is 1.61. The molecular weight excluding hydrogens is 346 g/mol. The molecule has 26 heavy (non-hydrogen) atoms. The lowest BCUT2D eigenvalue weighted by Crippen LogP contribution is -2.40. The molecule has 6 heteroatoms. The summed E-state index contributed by atoms with van der Waals surface area (Å²) in [6, 6.07) is 9.97. The Kier molecular flexibility index (Phi) is 7.81. The van der Waals surface area contributed by atoms with Crippen LogP contribution in [-0.2, 0) is 22.6 Å². The van der Waals surface area contributed by atoms with E-state index in [1.807, 2.05) is 54.5 Å². The molecule has 0 radical (unpaired) electrons. The fourth-order valence-electron chi connectivity index (χ4n) is 2.72. The first kappa shape index (κ1) is 20.1. The number of nitrogens with one attached hydrogen (secondary N) is 2. The average Bonchev–Trinajstić information content (AvgIpc) is 3.14. The van der Waals surface area contributed by atoms with Crippen molar-refractivity contribution in [2.75, 3.05) is 25.0 Å². The van der Waals surface area contributed by atoms with Crippen LogP contribution in [-0.4, -0.2) is 36.3 Å². The van der Waals surface area contributed by atoms with Crippen LogP contribution in [0.1, 0.15) is 29.9 Å². The summed E-state index contributed by atoms with van der Waals surface area (Å²) in [4.78, 5) is 27.5. The lowest BCUT2D eigenvalue weighted by Gasteiger charge is -2.20. The molecule has 0 spiro atoms. The van der Waals surface area contributed by atoms with E-state index < -0.39 is 0 Å². The molecule has 1 aromatic heterocycles. The van der Waals surface area contributed by atoms with E-state index in [0.717, 1.165) is 28.1 Å². The van der Waals surface area contributed by atoms with Gasteiger partial charge in [0.15, 0.2) is 0 Å². The monoisotopic (exact) mass is 373 g/mol. The molecule has 0 aliphatic rings. The van der Waals surface area contributed by atoms with Gasteiger partial charge >= 0.3 is 0 Å². The standard InChI is InChI=1S/C20H27N3O2S/c1-4-16-9-6-8-15(3)20(16)22-19(25)14-23(5-2)13-18(24)21-12-17-10-7-11-26-17/h6-11H,4-5,12-14H2,1-3H3,(H,21,24)(H,22,25). The van der Waals surface area contributed by atoms with Crippen molar-refractivity contribution in [3.63, 3.8) is 0 Å². The van der Waals surface area contributed by atoms with Gasteiger partial charge in [0.1, 0.15) is 0 Å². The van der Waals surface area contributed by atoms with Crippen LogP contribution in [0, 0.1) is 6.92 Å². The molecule has 1 heterocycles. The molecule has 2 amide bonds. The van der Waals surface area contributed by atoms with Gasteiger partial charge in [0.25, 0.3) is 0 Å². The second-order valence-corrected chi connectivity index (χ2v) is 7.20. The maximum absolute atomic E-state index is 12.4. The zero-order valence-corrected chi connectivity index (χ0v) is 16.5. The number of para-hydroxylation sites is 1. The molecule has 140 valence electrons. The Balaban J connectivity index is 1.86. The number of carbonyl (C=O) groups is 2. The van der Waals surface area contributed by atoms with Crippen molar-refractivity contribution >= 4 is 28.8 Å². The maximum Gasteiger partial charge on any atom is 0.238 e. The average molecular weight is 374 g/mol. The number of thiophene rings is 1. The van der Waals surface area contributed by atoms with Crippen LogP contribution in [0.2, 0.25) is 0 Å². The van der Waals surface area contributed by atoms with Crippen molar-refractivity contribution in [2.45, 2.75) is 33.7 Å². The lowest BCUT2D eigenvalue weighted by molar-refractivity contribution is -0.123. The Labute approximate surface area is 159 Å². The maximum atomic E-state index is 12.4. The van der Waals surface area contributed by atoms with Gasteiger partial charge in [-0.05, 0) is 42.5 Å². The summed E-state index contributed by atoms with van der Waals surface area (Å²) < 4.78 is 0. The number of aryl methyl sites for hydroxylation is 2. The fraction of sp³-hybridized carbons (Fsp3) is 0.400. The minimum absolute atomic E-state index is 0.0711. The van der Waals surface area contributed by atoms with Gasteiger partial charge in [-0.3, -0.25) is 14.5 Å². The molecule has 0 bridgehead atoms. The van der Waals surface area contributed by atoms with Crippen LogP contribution in [0.15, 0.2) is 35.7 Å². The first-order chi connectivity index (χ1) is 12.5. The molecule has 5 nitrogen and oxygen atoms in total. The summed E-state index contributed by atoms with van der Waals surface area (Å²) in [5, 5.41) is 7.90. The highest BCUT2D eigenvalue weighted by Gasteiger charge is 2.15. The number of anilines is 1. The van der Waals surface area contributed by atoms with Crippen LogP contribution >= 0.6 is 11.3 Å². The third-order valence-electron chi connectivity index (χ3n) is 4.23. The molecule has 0 aliphatic carbocycles. The minimum Gasteiger partial charge on any atom is -0.350 e. The molecule has 2 rings (SSSR count). The third kappa shape index (κ3) is 5.97. The fourth-order valence-corrected chi connectivity index (χ4v) is 3.37. The van der Waals surface area contributed by atoms with Crippen LogP contribution in [0.3, 0.4) is 0 Å². The van der Waals surface area contributed by atoms with Crippen molar-refractivity contribution in [2.24, 2.45) is 0 Å². The predicted molar refractivity (Wildman–Crippen MR) is 107 cm³/mol. The van der Waals surface area contributed by atoms with Crippen LogP contribution < -0.4 is 10.6 Å². The van der Waals surface area contributed by atoms with E-state index in [1.54, 1.807) is 11.3 Å². The molecule has 0 saturated carbocycles. The number of hydrogen-bond acceptors (Lipinski definition) is 4. The first-order valence-electron chi connectivity index (χ1n) is 8.93. The van der Waals surface area contributed by atoms with Gasteiger partial charge in [-0.25, -0.2) is 0 Å². The molecule has 0 unspecified atom stereocenters. The van der Waals surface area contributed by atoms with Gasteiger partial charge in [0.05, 0.1) is 19.6 Å². The predicted octanol–water partition coefficient (Wildman–Crippen LogP) is 3.20. The topological polar surface area (TPSA) is 61.4 Å². The molecule has 0 saturated heterocycles. The molecule has 0 fully saturated rings. The first-order valence-corrected chi connectivity index (χ1v) is 9.81. The van der Waals surface area contributed by atoms with E-state index in [1.165, 1.54) is 0 Å². The molecular formula is C20H27N3O2S. The summed E-state index contributed by atoms with van der Waals surface area (Å²) in [7, 11) is 0. The molecule has 0 atom stereocenters. The normalized spacial score (nSPS) is 10.8. The van der Waals surface area contributed by atoms with E-state index >= 15 is 0 Å². The van der Waals surface area contributed by atoms with Crippen molar-refractivity contribution in [1.29, 1.82) is 0 Å². The third-order valence-corrected chi connectivity index (χ3v) is 5.10. The Morgan fingerprint density at radius 3 is 2.50 bits per heavy atom. The number of hydrogen-bond donors (Lipinski definition) is 2. The highest BCUT2D eigenvalue weighted by molar-refractivity contribution is 7.09. The molecule has 2 aromatic rings. The second-order valence-electron chi connectivity index (χ2n) is 6.17. The van der Waals surface area contributed by atoms with E-state index in [0.29, 0.717) is 13.1 Å². The Morgan fingerprint density at radius 2 is 1.85 bits per heavy atom. The lowest BCUT2D eigenvalue weighted by atomic mass is 10.1. The van der Waals surface area contributed by atoms with Crippen LogP contribution in [0.5, 0.6) is 0 Å². The number of rotatable bonds is 9. The van der Waals surface area contributed by atoms with Crippen molar-refractivity contribution in [1.82, 2.24) is 10.2 Å². The van der Waals surface area contributed by atoms with Gasteiger partial charge in [-0.1, -0.05) is 38.1 Å². The van der Waals surface area contributed by atoms with Crippen molar-refractivity contribution in [3.8, 4) is 0 Å². The quantitative estimate of drug-likeness (QED) is 0.710. The summed E-state index contributed by atoms with van der Waals surface area (Å²) in [5.41, 5.74) is 3.06. The minimum atomic E-state index is -0.0955. The van der Waals surface area contributed by atoms with Gasteiger partial charge in [-0.15, -0.1) is 11.3 Å². The van der Waals surface area contributed by atoms with Crippen molar-refractivity contribution in [3.05, 3.63) is 51.7 Å². The summed E-state index contributed by atoms with van der Waals surface area (Å²) in [6.07, 6.45) is 0.861. The van der Waals surface area contributed by atoms with Gasteiger partial charge in [0, 0.05) is 10.6 Å². The SMILES string of the molecule is CCc1cccc(C)c1NC(=O)CN(CC)CC(=O)NCc1cccs1. The Bertz CT molecular complexity index is 729.